The number of carbonyl (C=O) groups is 2. The van der Waals surface area contributed by atoms with Crippen molar-refractivity contribution < 1.29 is 14.3 Å². The van der Waals surface area contributed by atoms with E-state index in [4.69, 9.17) is 4.74 Å². The molecule has 1 aromatic carbocycles. The number of piperazine rings is 1. The largest absolute Gasteiger partial charge is 0.487 e. The molecule has 1 saturated heterocycles. The summed E-state index contributed by atoms with van der Waals surface area (Å²) in [6.45, 7) is 8.67. The average Bonchev–Trinajstić information content (AvgIpc) is 2.86. The van der Waals surface area contributed by atoms with Gasteiger partial charge in [-0.3, -0.25) is 14.5 Å². The Bertz CT molecular complexity index is 824. The Balaban J connectivity index is 1.57. The Labute approximate surface area is 205 Å². The molecular formula is C27H42N4O3. The maximum atomic E-state index is 13.6. The second-order valence-electron chi connectivity index (χ2n) is 10.1. The first-order valence-corrected chi connectivity index (χ1v) is 13.3. The van der Waals surface area contributed by atoms with Crippen molar-refractivity contribution in [3.63, 3.8) is 0 Å². The number of fused-ring (bicyclic) bond motifs is 2. The minimum Gasteiger partial charge on any atom is -0.487 e. The van der Waals surface area contributed by atoms with Crippen LogP contribution in [0, 0.1) is 0 Å². The normalized spacial score (nSPS) is 25.9. The van der Waals surface area contributed by atoms with Crippen LogP contribution >= 0.6 is 0 Å². The van der Waals surface area contributed by atoms with E-state index in [0.29, 0.717) is 24.4 Å². The third-order valence-electron chi connectivity index (χ3n) is 7.73. The molecule has 0 aromatic heterocycles. The zero-order chi connectivity index (χ0) is 23.9. The highest BCUT2D eigenvalue weighted by Gasteiger charge is 2.36. The van der Waals surface area contributed by atoms with Crippen molar-refractivity contribution in [2.24, 2.45) is 0 Å². The molecule has 0 N–H and O–H groups in total. The zero-order valence-electron chi connectivity index (χ0n) is 21.1. The van der Waals surface area contributed by atoms with Crippen molar-refractivity contribution in [3.05, 3.63) is 29.8 Å². The van der Waals surface area contributed by atoms with Crippen LogP contribution < -0.4 is 4.74 Å². The van der Waals surface area contributed by atoms with Gasteiger partial charge in [0.15, 0.2) is 0 Å². The number of para-hydroxylation sites is 1. The first kappa shape index (κ1) is 25.0. The predicted octanol–water partition coefficient (Wildman–Crippen LogP) is 3.10. The van der Waals surface area contributed by atoms with Crippen LogP contribution in [0.25, 0.3) is 0 Å². The molecule has 1 aliphatic carbocycles. The SMILES string of the molecule is CCN1CCCCCN(C(=O)CN2CCN(C)CC2)[C@@H]2CCCC[C@@H]2Oc2ccccc2C1=O. The number of hydrogen-bond donors (Lipinski definition) is 0. The number of amides is 2. The Morgan fingerprint density at radius 1 is 0.941 bits per heavy atom. The molecule has 34 heavy (non-hydrogen) atoms. The number of carbonyl (C=O) groups excluding carboxylic acids is 2. The molecule has 0 spiro atoms. The van der Waals surface area contributed by atoms with Gasteiger partial charge in [0, 0.05) is 45.8 Å². The van der Waals surface area contributed by atoms with Gasteiger partial charge >= 0.3 is 0 Å². The van der Waals surface area contributed by atoms with Gasteiger partial charge in [0.25, 0.3) is 5.91 Å². The van der Waals surface area contributed by atoms with Gasteiger partial charge in [0.2, 0.25) is 5.91 Å². The van der Waals surface area contributed by atoms with E-state index in [1.54, 1.807) is 0 Å². The van der Waals surface area contributed by atoms with Crippen LogP contribution in [0.4, 0.5) is 0 Å². The summed E-state index contributed by atoms with van der Waals surface area (Å²) in [5.41, 5.74) is 0.642. The number of hydrogen-bond acceptors (Lipinski definition) is 5. The third-order valence-corrected chi connectivity index (χ3v) is 7.73. The number of likely N-dealkylation sites (N-methyl/N-ethyl adjacent to an activating group) is 1. The third kappa shape index (κ3) is 6.11. The Morgan fingerprint density at radius 3 is 2.47 bits per heavy atom. The summed E-state index contributed by atoms with van der Waals surface area (Å²) in [6, 6.07) is 7.72. The molecule has 0 radical (unpaired) electrons. The molecule has 1 aromatic rings. The van der Waals surface area contributed by atoms with E-state index in [9.17, 15) is 9.59 Å². The Morgan fingerprint density at radius 2 is 1.68 bits per heavy atom. The van der Waals surface area contributed by atoms with E-state index >= 15 is 0 Å². The summed E-state index contributed by atoms with van der Waals surface area (Å²) in [4.78, 5) is 35.6. The molecule has 7 nitrogen and oxygen atoms in total. The molecule has 2 aliphatic heterocycles. The van der Waals surface area contributed by atoms with Crippen LogP contribution in [0.3, 0.4) is 0 Å². The van der Waals surface area contributed by atoms with Crippen LogP contribution in [0.15, 0.2) is 24.3 Å². The fourth-order valence-electron chi connectivity index (χ4n) is 5.58. The smallest absolute Gasteiger partial charge is 0.257 e. The summed E-state index contributed by atoms with van der Waals surface area (Å²) >= 11 is 0. The number of rotatable bonds is 3. The Kier molecular flexibility index (Phi) is 8.84. The minimum absolute atomic E-state index is 0.0488. The zero-order valence-corrected chi connectivity index (χ0v) is 21.1. The molecule has 1 saturated carbocycles. The number of benzene rings is 1. The van der Waals surface area contributed by atoms with E-state index in [2.05, 4.69) is 21.7 Å². The second kappa shape index (κ2) is 12.0. The lowest BCUT2D eigenvalue weighted by atomic mass is 9.90. The molecular weight excluding hydrogens is 428 g/mol. The summed E-state index contributed by atoms with van der Waals surface area (Å²) < 4.78 is 6.60. The van der Waals surface area contributed by atoms with Crippen molar-refractivity contribution in [2.75, 3.05) is 59.4 Å². The Hall–Kier alpha value is -2.12. The molecule has 4 rings (SSSR count). The van der Waals surface area contributed by atoms with Gasteiger partial charge in [0.05, 0.1) is 18.2 Å². The number of nitrogens with zero attached hydrogens (tertiary/aromatic N) is 4. The van der Waals surface area contributed by atoms with Crippen LogP contribution in [0.5, 0.6) is 5.75 Å². The fraction of sp³-hybridized carbons (Fsp3) is 0.704. The predicted molar refractivity (Wildman–Crippen MR) is 134 cm³/mol. The quantitative estimate of drug-likeness (QED) is 0.680. The highest BCUT2D eigenvalue weighted by atomic mass is 16.5. The molecule has 2 fully saturated rings. The first-order valence-electron chi connectivity index (χ1n) is 13.3. The average molecular weight is 471 g/mol. The van der Waals surface area contributed by atoms with E-state index in [1.807, 2.05) is 36.1 Å². The van der Waals surface area contributed by atoms with E-state index in [1.165, 1.54) is 0 Å². The minimum atomic E-state index is -0.0741. The maximum Gasteiger partial charge on any atom is 0.257 e. The molecule has 0 bridgehead atoms. The van der Waals surface area contributed by atoms with Gasteiger partial charge in [-0.15, -0.1) is 0 Å². The highest BCUT2D eigenvalue weighted by Crippen LogP contribution is 2.31. The van der Waals surface area contributed by atoms with Gasteiger partial charge in [-0.2, -0.15) is 0 Å². The van der Waals surface area contributed by atoms with Gasteiger partial charge in [-0.1, -0.05) is 18.6 Å². The van der Waals surface area contributed by atoms with E-state index < -0.39 is 0 Å². The fourth-order valence-corrected chi connectivity index (χ4v) is 5.58. The van der Waals surface area contributed by atoms with E-state index in [-0.39, 0.29) is 24.0 Å². The van der Waals surface area contributed by atoms with Crippen molar-refractivity contribution in [2.45, 2.75) is 64.0 Å². The van der Waals surface area contributed by atoms with Gasteiger partial charge in [-0.25, -0.2) is 0 Å². The second-order valence-corrected chi connectivity index (χ2v) is 10.1. The molecule has 2 atom stereocenters. The van der Waals surface area contributed by atoms with Crippen molar-refractivity contribution >= 4 is 11.8 Å². The molecule has 188 valence electrons. The monoisotopic (exact) mass is 470 g/mol. The molecule has 3 aliphatic rings. The summed E-state index contributed by atoms with van der Waals surface area (Å²) in [5.74, 6) is 0.945. The van der Waals surface area contributed by atoms with Crippen molar-refractivity contribution in [3.8, 4) is 5.75 Å². The maximum absolute atomic E-state index is 13.6. The van der Waals surface area contributed by atoms with Gasteiger partial charge in [0.1, 0.15) is 11.9 Å². The summed E-state index contributed by atoms with van der Waals surface area (Å²) in [5, 5.41) is 0. The number of ether oxygens (including phenoxy) is 1. The van der Waals surface area contributed by atoms with Crippen molar-refractivity contribution in [1.82, 2.24) is 19.6 Å². The molecule has 2 amide bonds. The lowest BCUT2D eigenvalue weighted by Crippen LogP contribution is -2.55. The lowest BCUT2D eigenvalue weighted by Gasteiger charge is -2.41. The summed E-state index contributed by atoms with van der Waals surface area (Å²) in [6.07, 6.45) is 6.97. The van der Waals surface area contributed by atoms with Gasteiger partial charge < -0.3 is 19.4 Å². The molecule has 2 heterocycles. The first-order chi connectivity index (χ1) is 16.6. The van der Waals surface area contributed by atoms with Crippen LogP contribution in [-0.2, 0) is 4.79 Å². The van der Waals surface area contributed by atoms with Crippen LogP contribution in [0.1, 0.15) is 62.2 Å². The van der Waals surface area contributed by atoms with Crippen molar-refractivity contribution in [1.29, 1.82) is 0 Å². The lowest BCUT2D eigenvalue weighted by molar-refractivity contribution is -0.138. The summed E-state index contributed by atoms with van der Waals surface area (Å²) in [7, 11) is 2.14. The standard InChI is InChI=1S/C27H42N4O3/c1-3-30-15-9-4-10-16-31(26(32)21-29-19-17-28(2)18-20-29)23-12-6-8-14-25(23)34-24-13-7-5-11-22(24)27(30)33/h5,7,11,13,23,25H,3-4,6,8-10,12,14-21H2,1-2H3/t23-,25+/m1/s1. The van der Waals surface area contributed by atoms with Gasteiger partial charge in [-0.05, 0) is 64.6 Å². The molecule has 7 heteroatoms. The van der Waals surface area contributed by atoms with Crippen LogP contribution in [0.2, 0.25) is 0 Å². The topological polar surface area (TPSA) is 56.3 Å². The molecule has 0 unspecified atom stereocenters. The van der Waals surface area contributed by atoms with E-state index in [0.717, 1.165) is 84.2 Å². The van der Waals surface area contributed by atoms with Crippen LogP contribution in [-0.4, -0.2) is 103 Å². The highest BCUT2D eigenvalue weighted by molar-refractivity contribution is 5.97.